The van der Waals surface area contributed by atoms with Gasteiger partial charge in [-0.2, -0.15) is 12.6 Å². The lowest BCUT2D eigenvalue weighted by Gasteiger charge is -2.34. The van der Waals surface area contributed by atoms with Crippen molar-refractivity contribution in [3.05, 3.63) is 34.9 Å². The number of ether oxygens (including phenoxy) is 1. The summed E-state index contributed by atoms with van der Waals surface area (Å²) < 4.78 is 5.39. The Morgan fingerprint density at radius 1 is 0.947 bits per heavy atom. The smallest absolute Gasteiger partial charge is 0.408 e. The first-order valence-corrected chi connectivity index (χ1v) is 14.8. The lowest BCUT2D eigenvalue weighted by molar-refractivity contribution is -0.142. The molecule has 0 saturated heterocycles. The maximum atomic E-state index is 14.0. The van der Waals surface area contributed by atoms with Crippen molar-refractivity contribution in [1.82, 2.24) is 15.5 Å². The second-order valence-corrected chi connectivity index (χ2v) is 11.4. The summed E-state index contributed by atoms with van der Waals surface area (Å²) in [5, 5.41) is 5.74. The van der Waals surface area contributed by atoms with E-state index in [0.717, 1.165) is 68.1 Å². The van der Waals surface area contributed by atoms with Crippen molar-refractivity contribution in [2.45, 2.75) is 118 Å². The molecule has 0 aromatic heterocycles. The van der Waals surface area contributed by atoms with Crippen molar-refractivity contribution < 1.29 is 19.1 Å². The highest BCUT2D eigenvalue weighted by atomic mass is 32.1. The van der Waals surface area contributed by atoms with Crippen LogP contribution in [0.1, 0.15) is 109 Å². The van der Waals surface area contributed by atoms with Gasteiger partial charge in [0.25, 0.3) is 0 Å². The molecule has 0 aliphatic carbocycles. The van der Waals surface area contributed by atoms with Crippen LogP contribution in [0, 0.1) is 13.8 Å². The second kappa shape index (κ2) is 17.4. The number of thiol groups is 1. The lowest BCUT2D eigenvalue weighted by Crippen LogP contribution is -2.54. The summed E-state index contributed by atoms with van der Waals surface area (Å²) >= 11 is 4.37. The number of carbonyl (C=O) groups is 3. The van der Waals surface area contributed by atoms with E-state index in [0.29, 0.717) is 13.1 Å². The van der Waals surface area contributed by atoms with Crippen molar-refractivity contribution in [2.75, 3.05) is 18.8 Å². The summed E-state index contributed by atoms with van der Waals surface area (Å²) in [6, 6.07) is 4.16. The fourth-order valence-electron chi connectivity index (χ4n) is 4.18. The molecule has 3 amide bonds. The zero-order valence-electron chi connectivity index (χ0n) is 24.7. The Balaban J connectivity index is 3.36. The Morgan fingerprint density at radius 2 is 1.58 bits per heavy atom. The zero-order valence-corrected chi connectivity index (χ0v) is 25.6. The summed E-state index contributed by atoms with van der Waals surface area (Å²) in [6.07, 6.45) is 7.33. The first-order chi connectivity index (χ1) is 17.9. The standard InChI is InChI=1S/C30H51N3O4S/c1-8-10-12-13-15-19-33(28(35)25(21-38)32-29(36)37-30(5,6)7)26(27(34)31-18-14-11-9-2)24-17-16-22(3)23(4)20-24/h16-17,20,25-26,38H,8-15,18-19,21H2,1-7H3,(H,31,34)(H,32,36). The van der Waals surface area contributed by atoms with Crippen LogP contribution in [-0.2, 0) is 14.3 Å². The monoisotopic (exact) mass is 549 g/mol. The lowest BCUT2D eigenvalue weighted by atomic mass is 9.98. The third-order valence-corrected chi connectivity index (χ3v) is 6.81. The van der Waals surface area contributed by atoms with Gasteiger partial charge in [-0.1, -0.05) is 70.6 Å². The molecule has 38 heavy (non-hydrogen) atoms. The molecule has 2 N–H and O–H groups in total. The van der Waals surface area contributed by atoms with Gasteiger partial charge in [-0.25, -0.2) is 4.79 Å². The molecule has 2 unspecified atom stereocenters. The van der Waals surface area contributed by atoms with Crippen LogP contribution < -0.4 is 10.6 Å². The van der Waals surface area contributed by atoms with E-state index in [1.54, 1.807) is 25.7 Å². The number of hydrogen-bond acceptors (Lipinski definition) is 5. The molecule has 0 saturated carbocycles. The molecule has 8 heteroatoms. The predicted octanol–water partition coefficient (Wildman–Crippen LogP) is 6.27. The SMILES string of the molecule is CCCCCCCN(C(=O)C(CS)NC(=O)OC(C)(C)C)C(C(=O)NCCCCC)c1ccc(C)c(C)c1. The number of nitrogens with zero attached hydrogens (tertiary/aromatic N) is 1. The van der Waals surface area contributed by atoms with Crippen LogP contribution in [0.5, 0.6) is 0 Å². The number of aryl methyl sites for hydroxylation is 2. The van der Waals surface area contributed by atoms with Crippen molar-refractivity contribution in [2.24, 2.45) is 0 Å². The summed E-state index contributed by atoms with van der Waals surface area (Å²) in [5.41, 5.74) is 2.23. The Bertz CT molecular complexity index is 885. The summed E-state index contributed by atoms with van der Waals surface area (Å²) in [4.78, 5) is 41.8. The number of alkyl carbamates (subject to hydrolysis) is 1. The topological polar surface area (TPSA) is 87.7 Å². The van der Waals surface area contributed by atoms with Gasteiger partial charge in [-0.3, -0.25) is 9.59 Å². The van der Waals surface area contributed by atoms with E-state index in [1.807, 2.05) is 32.0 Å². The number of unbranched alkanes of at least 4 members (excludes halogenated alkanes) is 6. The van der Waals surface area contributed by atoms with Crippen molar-refractivity contribution in [3.63, 3.8) is 0 Å². The molecule has 2 atom stereocenters. The van der Waals surface area contributed by atoms with Gasteiger partial charge in [0.1, 0.15) is 17.7 Å². The van der Waals surface area contributed by atoms with Gasteiger partial charge in [0.05, 0.1) is 0 Å². The van der Waals surface area contributed by atoms with Crippen LogP contribution in [-0.4, -0.2) is 53.3 Å². The number of benzene rings is 1. The van der Waals surface area contributed by atoms with E-state index in [4.69, 9.17) is 4.74 Å². The number of carbonyl (C=O) groups excluding carboxylic acids is 3. The number of rotatable bonds is 16. The maximum Gasteiger partial charge on any atom is 0.408 e. The predicted molar refractivity (Wildman–Crippen MR) is 159 cm³/mol. The molecule has 1 aromatic carbocycles. The quantitative estimate of drug-likeness (QED) is 0.167. The van der Waals surface area contributed by atoms with Crippen molar-refractivity contribution in [1.29, 1.82) is 0 Å². The molecule has 0 aliphatic rings. The molecule has 0 radical (unpaired) electrons. The summed E-state index contributed by atoms with van der Waals surface area (Å²) in [5.74, 6) is -0.461. The van der Waals surface area contributed by atoms with Crippen molar-refractivity contribution in [3.8, 4) is 0 Å². The van der Waals surface area contributed by atoms with Gasteiger partial charge in [0.15, 0.2) is 0 Å². The van der Waals surface area contributed by atoms with Crippen LogP contribution >= 0.6 is 12.6 Å². The summed E-state index contributed by atoms with van der Waals surface area (Å²) in [7, 11) is 0. The highest BCUT2D eigenvalue weighted by Crippen LogP contribution is 2.26. The highest BCUT2D eigenvalue weighted by molar-refractivity contribution is 7.80. The van der Waals surface area contributed by atoms with E-state index in [2.05, 4.69) is 37.1 Å². The van der Waals surface area contributed by atoms with E-state index in [9.17, 15) is 14.4 Å². The second-order valence-electron chi connectivity index (χ2n) is 11.1. The highest BCUT2D eigenvalue weighted by Gasteiger charge is 2.35. The van der Waals surface area contributed by atoms with Gasteiger partial charge >= 0.3 is 6.09 Å². The number of hydrogen-bond donors (Lipinski definition) is 3. The Kier molecular flexibility index (Phi) is 15.5. The fraction of sp³-hybridized carbons (Fsp3) is 0.700. The molecule has 0 spiro atoms. The summed E-state index contributed by atoms with van der Waals surface area (Å²) in [6.45, 7) is 14.6. The van der Waals surface area contributed by atoms with Crippen LogP contribution in [0.3, 0.4) is 0 Å². The van der Waals surface area contributed by atoms with Crippen LogP contribution in [0.4, 0.5) is 4.79 Å². The third kappa shape index (κ3) is 12.1. The molecule has 1 rings (SSSR count). The molecule has 216 valence electrons. The maximum absolute atomic E-state index is 14.0. The molecular formula is C30H51N3O4S. The van der Waals surface area contributed by atoms with Gasteiger partial charge < -0.3 is 20.3 Å². The molecule has 0 heterocycles. The number of nitrogens with one attached hydrogen (secondary N) is 2. The Morgan fingerprint density at radius 3 is 2.16 bits per heavy atom. The molecular weight excluding hydrogens is 498 g/mol. The molecule has 7 nitrogen and oxygen atoms in total. The third-order valence-electron chi connectivity index (χ3n) is 6.44. The first kappa shape index (κ1) is 33.8. The van der Waals surface area contributed by atoms with Crippen LogP contribution in [0.15, 0.2) is 18.2 Å². The normalized spacial score (nSPS) is 12.9. The van der Waals surface area contributed by atoms with Crippen LogP contribution in [0.2, 0.25) is 0 Å². The van der Waals surface area contributed by atoms with Gasteiger partial charge in [-0.05, 0) is 64.2 Å². The average molecular weight is 550 g/mol. The largest absolute Gasteiger partial charge is 0.444 e. The Hall–Kier alpha value is -2.22. The van der Waals surface area contributed by atoms with E-state index >= 15 is 0 Å². The van der Waals surface area contributed by atoms with Gasteiger partial charge in [-0.15, -0.1) is 0 Å². The average Bonchev–Trinajstić information content (AvgIpc) is 2.84. The van der Waals surface area contributed by atoms with E-state index in [1.165, 1.54) is 0 Å². The van der Waals surface area contributed by atoms with Crippen LogP contribution in [0.25, 0.3) is 0 Å². The minimum Gasteiger partial charge on any atom is -0.444 e. The molecule has 0 aliphatic heterocycles. The Labute approximate surface area is 236 Å². The minimum absolute atomic E-state index is 0.0855. The van der Waals surface area contributed by atoms with E-state index < -0.39 is 23.8 Å². The molecule has 1 aromatic rings. The molecule has 0 fully saturated rings. The van der Waals surface area contributed by atoms with Gasteiger partial charge in [0, 0.05) is 18.8 Å². The minimum atomic E-state index is -0.925. The van der Waals surface area contributed by atoms with Crippen molar-refractivity contribution >= 4 is 30.5 Å². The number of amides is 3. The van der Waals surface area contributed by atoms with Gasteiger partial charge in [0.2, 0.25) is 11.8 Å². The van der Waals surface area contributed by atoms with E-state index in [-0.39, 0.29) is 17.6 Å². The fourth-order valence-corrected chi connectivity index (χ4v) is 4.43. The zero-order chi connectivity index (χ0) is 28.7. The molecule has 0 bridgehead atoms. The first-order valence-electron chi connectivity index (χ1n) is 14.2.